The van der Waals surface area contributed by atoms with E-state index in [9.17, 15) is 4.79 Å². The van der Waals surface area contributed by atoms with Gasteiger partial charge in [0.1, 0.15) is 0 Å². The average molecular weight is 336 g/mol. The summed E-state index contributed by atoms with van der Waals surface area (Å²) in [5.74, 6) is -0.0734. The average Bonchev–Trinajstić information content (AvgIpc) is 2.81. The molecule has 0 bridgehead atoms. The number of carbonyl (C=O) groups excluding carboxylic acids is 1. The van der Waals surface area contributed by atoms with Gasteiger partial charge in [-0.2, -0.15) is 0 Å². The number of amides is 1. The number of hydrogen-bond acceptors (Lipinski definition) is 2. The van der Waals surface area contributed by atoms with Crippen molar-refractivity contribution < 1.29 is 4.79 Å². The van der Waals surface area contributed by atoms with E-state index in [0.717, 1.165) is 10.0 Å². The van der Waals surface area contributed by atoms with Crippen LogP contribution in [0.5, 0.6) is 0 Å². The highest BCUT2D eigenvalue weighted by molar-refractivity contribution is 9.10. The molecule has 0 aliphatic rings. The predicted octanol–water partition coefficient (Wildman–Crippen LogP) is 4.15. The summed E-state index contributed by atoms with van der Waals surface area (Å²) in [6.45, 7) is 2.64. The van der Waals surface area contributed by atoms with Crippen LogP contribution >= 0.6 is 27.3 Å². The van der Waals surface area contributed by atoms with Gasteiger partial charge >= 0.3 is 0 Å². The molecule has 98 valence electrons. The number of aryl methyl sites for hydroxylation is 1. The molecule has 1 amide bonds. The van der Waals surface area contributed by atoms with Crippen molar-refractivity contribution in [1.29, 1.82) is 0 Å². The topological polar surface area (TPSA) is 29.1 Å². The molecule has 4 heteroatoms. The summed E-state index contributed by atoms with van der Waals surface area (Å²) in [6.07, 6.45) is 3.37. The van der Waals surface area contributed by atoms with E-state index in [4.69, 9.17) is 0 Å². The first-order valence-electron chi connectivity index (χ1n) is 5.89. The van der Waals surface area contributed by atoms with E-state index in [1.807, 2.05) is 35.7 Å². The number of benzene rings is 1. The van der Waals surface area contributed by atoms with Crippen LogP contribution in [0.1, 0.15) is 16.0 Å². The molecule has 0 saturated carbocycles. The van der Waals surface area contributed by atoms with Gasteiger partial charge in [-0.1, -0.05) is 28.1 Å². The van der Waals surface area contributed by atoms with Gasteiger partial charge in [0.05, 0.1) is 6.54 Å². The molecule has 0 spiro atoms. The summed E-state index contributed by atoms with van der Waals surface area (Å²) in [4.78, 5) is 12.9. The van der Waals surface area contributed by atoms with Crippen LogP contribution < -0.4 is 5.32 Å². The smallest absolute Gasteiger partial charge is 0.244 e. The SMILES string of the molecule is Cc1ccsc1CNC(=O)C=Cc1ccc(Br)cc1. The van der Waals surface area contributed by atoms with Crippen molar-refractivity contribution in [2.75, 3.05) is 0 Å². The van der Waals surface area contributed by atoms with Gasteiger partial charge < -0.3 is 5.32 Å². The fraction of sp³-hybridized carbons (Fsp3) is 0.133. The van der Waals surface area contributed by atoms with E-state index in [1.54, 1.807) is 17.4 Å². The molecule has 19 heavy (non-hydrogen) atoms. The molecule has 1 heterocycles. The molecule has 0 atom stereocenters. The van der Waals surface area contributed by atoms with Gasteiger partial charge in [-0.15, -0.1) is 11.3 Å². The van der Waals surface area contributed by atoms with Crippen LogP contribution in [0.15, 0.2) is 46.3 Å². The third-order valence-corrected chi connectivity index (χ3v) is 4.24. The molecule has 0 fully saturated rings. The molecule has 0 aliphatic heterocycles. The van der Waals surface area contributed by atoms with Crippen molar-refractivity contribution in [3.63, 3.8) is 0 Å². The lowest BCUT2D eigenvalue weighted by Crippen LogP contribution is -2.19. The Labute approximate surface area is 125 Å². The first kappa shape index (κ1) is 14.0. The van der Waals surface area contributed by atoms with E-state index in [1.165, 1.54) is 10.4 Å². The summed E-state index contributed by atoms with van der Waals surface area (Å²) < 4.78 is 1.03. The molecule has 2 aromatic rings. The number of halogens is 1. The maximum atomic E-state index is 11.7. The molecule has 1 N–H and O–H groups in total. The molecule has 1 aromatic carbocycles. The van der Waals surface area contributed by atoms with Crippen LogP contribution in [0.3, 0.4) is 0 Å². The zero-order valence-electron chi connectivity index (χ0n) is 10.5. The second-order valence-electron chi connectivity index (χ2n) is 4.13. The lowest BCUT2D eigenvalue weighted by molar-refractivity contribution is -0.116. The Hall–Kier alpha value is -1.39. The second-order valence-corrected chi connectivity index (χ2v) is 6.05. The summed E-state index contributed by atoms with van der Waals surface area (Å²) in [5, 5.41) is 4.92. The monoisotopic (exact) mass is 335 g/mol. The van der Waals surface area contributed by atoms with Gasteiger partial charge in [0, 0.05) is 15.4 Å². The summed E-state index contributed by atoms with van der Waals surface area (Å²) >= 11 is 5.04. The molecule has 1 aromatic heterocycles. The van der Waals surface area contributed by atoms with Gasteiger partial charge in [-0.05, 0) is 47.7 Å². The number of nitrogens with one attached hydrogen (secondary N) is 1. The molecule has 2 rings (SSSR count). The summed E-state index contributed by atoms with van der Waals surface area (Å²) in [6, 6.07) is 9.87. The second kappa shape index (κ2) is 6.68. The lowest BCUT2D eigenvalue weighted by atomic mass is 10.2. The fourth-order valence-corrected chi connectivity index (χ4v) is 2.67. The van der Waals surface area contributed by atoms with Crippen molar-refractivity contribution in [3.05, 3.63) is 62.3 Å². The molecule has 2 nitrogen and oxygen atoms in total. The highest BCUT2D eigenvalue weighted by Gasteiger charge is 2.01. The van der Waals surface area contributed by atoms with Crippen molar-refractivity contribution in [2.24, 2.45) is 0 Å². The number of thiophene rings is 1. The Morgan fingerprint density at radius 1 is 1.32 bits per heavy atom. The van der Waals surface area contributed by atoms with Gasteiger partial charge in [0.15, 0.2) is 0 Å². The molecule has 0 aliphatic carbocycles. The molecule has 0 unspecified atom stereocenters. The Morgan fingerprint density at radius 2 is 2.05 bits per heavy atom. The van der Waals surface area contributed by atoms with Crippen molar-refractivity contribution in [1.82, 2.24) is 5.32 Å². The lowest BCUT2D eigenvalue weighted by Gasteiger charge is -2.01. The summed E-state index contributed by atoms with van der Waals surface area (Å²) in [7, 11) is 0. The van der Waals surface area contributed by atoms with Crippen LogP contribution in [0.4, 0.5) is 0 Å². The van der Waals surface area contributed by atoms with Crippen LogP contribution in [0.2, 0.25) is 0 Å². The number of hydrogen-bond donors (Lipinski definition) is 1. The third kappa shape index (κ3) is 4.33. The Morgan fingerprint density at radius 3 is 2.68 bits per heavy atom. The maximum Gasteiger partial charge on any atom is 0.244 e. The van der Waals surface area contributed by atoms with Gasteiger partial charge in [-0.25, -0.2) is 0 Å². The minimum atomic E-state index is -0.0734. The maximum absolute atomic E-state index is 11.7. The first-order valence-corrected chi connectivity index (χ1v) is 7.57. The quantitative estimate of drug-likeness (QED) is 0.835. The standard InChI is InChI=1S/C15H14BrNOS/c1-11-8-9-19-14(11)10-17-15(18)7-4-12-2-5-13(16)6-3-12/h2-9H,10H2,1H3,(H,17,18). The normalized spacial score (nSPS) is 10.8. The largest absolute Gasteiger partial charge is 0.348 e. The molecule has 0 saturated heterocycles. The zero-order valence-corrected chi connectivity index (χ0v) is 12.9. The fourth-order valence-electron chi connectivity index (χ4n) is 1.56. The van der Waals surface area contributed by atoms with Crippen LogP contribution in [-0.2, 0) is 11.3 Å². The van der Waals surface area contributed by atoms with Crippen molar-refractivity contribution in [2.45, 2.75) is 13.5 Å². The van der Waals surface area contributed by atoms with E-state index in [0.29, 0.717) is 6.54 Å². The molecular formula is C15H14BrNOS. The van der Waals surface area contributed by atoms with Gasteiger partial charge in [0.25, 0.3) is 0 Å². The number of carbonyl (C=O) groups is 1. The Kier molecular flexibility index (Phi) is 4.93. The minimum absolute atomic E-state index is 0.0734. The minimum Gasteiger partial charge on any atom is -0.348 e. The van der Waals surface area contributed by atoms with E-state index < -0.39 is 0 Å². The third-order valence-electron chi connectivity index (χ3n) is 2.69. The van der Waals surface area contributed by atoms with Crippen LogP contribution in [-0.4, -0.2) is 5.91 Å². The van der Waals surface area contributed by atoms with Gasteiger partial charge in [0.2, 0.25) is 5.91 Å². The molecule has 0 radical (unpaired) electrons. The zero-order chi connectivity index (χ0) is 13.7. The Bertz CT molecular complexity index is 586. The van der Waals surface area contributed by atoms with Crippen LogP contribution in [0.25, 0.3) is 6.08 Å². The highest BCUT2D eigenvalue weighted by atomic mass is 79.9. The Balaban J connectivity index is 1.87. The summed E-state index contributed by atoms with van der Waals surface area (Å²) in [5.41, 5.74) is 2.23. The van der Waals surface area contributed by atoms with Crippen molar-refractivity contribution >= 4 is 39.2 Å². The van der Waals surface area contributed by atoms with Gasteiger partial charge in [-0.3, -0.25) is 4.79 Å². The van der Waals surface area contributed by atoms with Crippen molar-refractivity contribution in [3.8, 4) is 0 Å². The predicted molar refractivity (Wildman–Crippen MR) is 84.1 cm³/mol. The van der Waals surface area contributed by atoms with Crippen LogP contribution in [0, 0.1) is 6.92 Å². The van der Waals surface area contributed by atoms with E-state index >= 15 is 0 Å². The number of rotatable bonds is 4. The van der Waals surface area contributed by atoms with E-state index in [-0.39, 0.29) is 5.91 Å². The first-order chi connectivity index (χ1) is 9.15. The highest BCUT2D eigenvalue weighted by Crippen LogP contribution is 2.15. The van der Waals surface area contributed by atoms with E-state index in [2.05, 4.69) is 34.2 Å². The molecular weight excluding hydrogens is 322 g/mol.